The van der Waals surface area contributed by atoms with Crippen LogP contribution in [-0.2, 0) is 28.8 Å². The predicted octanol–water partition coefficient (Wildman–Crippen LogP) is -5.46. The minimum absolute atomic E-state index is 0.0298. The largest absolute Gasteiger partial charge is 0.480 e. The molecule has 0 radical (unpaired) electrons. The first-order valence-electron chi connectivity index (χ1n) is 19.2. The number of nitrogens with one attached hydrogen (secondary N) is 5. The lowest BCUT2D eigenvalue weighted by atomic mass is 10.0. The number of aliphatic hydroxyl groups excluding tert-OH is 1. The van der Waals surface area contributed by atoms with E-state index in [0.717, 1.165) is 0 Å². The highest BCUT2D eigenvalue weighted by molar-refractivity contribution is 5.96. The summed E-state index contributed by atoms with van der Waals surface area (Å²) in [7, 11) is 0. The number of carboxylic acids is 1. The zero-order valence-electron chi connectivity index (χ0n) is 33.8. The number of unbranched alkanes of at least 4 members (excludes halogenated alkanes) is 1. The van der Waals surface area contributed by atoms with Gasteiger partial charge in [-0.15, -0.1) is 0 Å². The summed E-state index contributed by atoms with van der Waals surface area (Å²) in [5.74, 6) is -6.11. The third kappa shape index (κ3) is 23.5. The van der Waals surface area contributed by atoms with Crippen LogP contribution in [0.1, 0.15) is 85.0 Å². The van der Waals surface area contributed by atoms with Crippen molar-refractivity contribution in [2.24, 2.45) is 66.8 Å². The molecule has 0 aromatic carbocycles. The summed E-state index contributed by atoms with van der Waals surface area (Å²) in [6.45, 7) is 5.53. The van der Waals surface area contributed by atoms with Gasteiger partial charge in [-0.2, -0.15) is 0 Å². The van der Waals surface area contributed by atoms with Gasteiger partial charge in [0.2, 0.25) is 29.5 Å². The molecule has 7 atom stereocenters. The molecule has 0 saturated carbocycles. The molecule has 7 unspecified atom stereocenters. The van der Waals surface area contributed by atoms with Gasteiger partial charge in [0.25, 0.3) is 0 Å². The number of aliphatic carboxylic acids is 1. The molecule has 24 heteroatoms. The minimum atomic E-state index is -1.61. The van der Waals surface area contributed by atoms with Crippen molar-refractivity contribution < 1.29 is 39.0 Å². The van der Waals surface area contributed by atoms with Gasteiger partial charge in [-0.3, -0.25) is 38.9 Å². The van der Waals surface area contributed by atoms with Crippen LogP contribution >= 0.6 is 0 Å². The Kier molecular flexibility index (Phi) is 26.1. The summed E-state index contributed by atoms with van der Waals surface area (Å²) < 4.78 is 0. The Morgan fingerprint density at radius 1 is 0.534 bits per heavy atom. The van der Waals surface area contributed by atoms with Crippen molar-refractivity contribution in [3.63, 3.8) is 0 Å². The van der Waals surface area contributed by atoms with Gasteiger partial charge in [0, 0.05) is 19.6 Å². The van der Waals surface area contributed by atoms with E-state index in [0.29, 0.717) is 25.8 Å². The van der Waals surface area contributed by atoms with Gasteiger partial charge in [-0.25, -0.2) is 4.79 Å². The van der Waals surface area contributed by atoms with Gasteiger partial charge in [0.1, 0.15) is 30.2 Å². The van der Waals surface area contributed by atoms with Crippen molar-refractivity contribution in [3.05, 3.63) is 0 Å². The molecule has 332 valence electrons. The molecule has 23 N–H and O–H groups in total. The van der Waals surface area contributed by atoms with Gasteiger partial charge in [-0.1, -0.05) is 20.3 Å². The average molecular weight is 829 g/mol. The van der Waals surface area contributed by atoms with Crippen molar-refractivity contribution in [3.8, 4) is 0 Å². The molecule has 0 saturated heterocycles. The molecule has 0 heterocycles. The zero-order chi connectivity index (χ0) is 44.4. The fourth-order valence-electron chi connectivity index (χ4n) is 5.39. The molecule has 5 amide bonds. The highest BCUT2D eigenvalue weighted by Gasteiger charge is 2.34. The number of carbonyl (C=O) groups is 6. The van der Waals surface area contributed by atoms with E-state index in [-0.39, 0.29) is 88.4 Å². The third-order valence-corrected chi connectivity index (χ3v) is 8.43. The molecular weight excluding hydrogens is 760 g/mol. The smallest absolute Gasteiger partial charge is 0.326 e. The van der Waals surface area contributed by atoms with Crippen molar-refractivity contribution in [2.75, 3.05) is 26.2 Å². The molecule has 24 nitrogen and oxygen atoms in total. The summed E-state index contributed by atoms with van der Waals surface area (Å²) in [6, 6.07) is -7.73. The van der Waals surface area contributed by atoms with Crippen LogP contribution in [0.3, 0.4) is 0 Å². The van der Waals surface area contributed by atoms with Gasteiger partial charge in [0.15, 0.2) is 17.9 Å². The standard InChI is InChI=1S/C34H68N16O8/c1-18(2)17-24(29(55)47-21(10-6-14-43-32(37)38)27(53)48-23(31(57)58)12-8-16-45-34(41)42)49-30(56)25(19(3)51)50-28(54)22(11-7-15-44-33(39)40)46-26(52)20(36)9-4-5-13-35/h18-25,51H,4-17,35-36H2,1-3H3,(H,46,52)(H,47,55)(H,48,53)(H,49,56)(H,50,54)(H,57,58)(H4,37,38,43)(H4,39,40,44)(H4,41,42,45). The molecular formula is C34H68N16O8. The number of hydrogen-bond donors (Lipinski definition) is 15. The van der Waals surface area contributed by atoms with E-state index in [2.05, 4.69) is 41.6 Å². The summed E-state index contributed by atoms with van der Waals surface area (Å²) in [5.41, 5.74) is 43.8. The Morgan fingerprint density at radius 2 is 0.931 bits per heavy atom. The molecule has 0 bridgehead atoms. The highest BCUT2D eigenvalue weighted by Crippen LogP contribution is 2.10. The van der Waals surface area contributed by atoms with Crippen LogP contribution in [0.4, 0.5) is 0 Å². The second-order valence-electron chi connectivity index (χ2n) is 14.2. The van der Waals surface area contributed by atoms with E-state index in [1.165, 1.54) is 6.92 Å². The van der Waals surface area contributed by atoms with Crippen molar-refractivity contribution in [1.29, 1.82) is 0 Å². The van der Waals surface area contributed by atoms with Crippen LogP contribution in [0, 0.1) is 5.92 Å². The van der Waals surface area contributed by atoms with Gasteiger partial charge < -0.3 is 82.7 Å². The molecule has 0 aromatic heterocycles. The first-order valence-corrected chi connectivity index (χ1v) is 19.2. The van der Waals surface area contributed by atoms with E-state index >= 15 is 0 Å². The number of aliphatic hydroxyl groups is 1. The fraction of sp³-hybridized carbons (Fsp3) is 0.735. The molecule has 0 rings (SSSR count). The Morgan fingerprint density at radius 3 is 1.34 bits per heavy atom. The Hall–Kier alpha value is -5.49. The molecule has 0 aliphatic heterocycles. The number of hydrogen-bond acceptors (Lipinski definition) is 12. The third-order valence-electron chi connectivity index (χ3n) is 8.43. The lowest BCUT2D eigenvalue weighted by molar-refractivity contribution is -0.142. The molecule has 0 spiro atoms. The number of amides is 5. The number of nitrogens with zero attached hydrogens (tertiary/aromatic N) is 3. The van der Waals surface area contributed by atoms with Crippen LogP contribution in [0.25, 0.3) is 0 Å². The Bertz CT molecular complexity index is 1400. The molecule has 0 fully saturated rings. The van der Waals surface area contributed by atoms with E-state index in [4.69, 9.17) is 45.9 Å². The lowest BCUT2D eigenvalue weighted by Crippen LogP contribution is -2.61. The molecule has 0 aromatic rings. The first-order chi connectivity index (χ1) is 27.2. The maximum absolute atomic E-state index is 13.8. The quantitative estimate of drug-likeness (QED) is 0.0182. The number of nitrogens with two attached hydrogens (primary N) is 8. The van der Waals surface area contributed by atoms with E-state index in [9.17, 15) is 39.0 Å². The maximum atomic E-state index is 13.8. The van der Waals surface area contributed by atoms with E-state index < -0.39 is 77.9 Å². The summed E-state index contributed by atoms with van der Waals surface area (Å²) in [4.78, 5) is 91.0. The number of guanidine groups is 3. The maximum Gasteiger partial charge on any atom is 0.326 e. The number of carbonyl (C=O) groups excluding carboxylic acids is 5. The SMILES string of the molecule is CC(C)CC(NC(=O)C(NC(=O)C(CCCN=C(N)N)NC(=O)C(N)CCCCN)C(C)O)C(=O)NC(CCCN=C(N)N)C(=O)NC(CCCN=C(N)N)C(=O)O. The zero-order valence-corrected chi connectivity index (χ0v) is 33.8. The van der Waals surface area contributed by atoms with Crippen LogP contribution in [0.5, 0.6) is 0 Å². The number of rotatable bonds is 30. The topological polar surface area (TPSA) is 448 Å². The molecule has 58 heavy (non-hydrogen) atoms. The second-order valence-corrected chi connectivity index (χ2v) is 14.2. The summed E-state index contributed by atoms with van der Waals surface area (Å²) in [6.07, 6.45) is 0.709. The summed E-state index contributed by atoms with van der Waals surface area (Å²) in [5, 5.41) is 33.0. The normalized spacial score (nSPS) is 14.5. The first kappa shape index (κ1) is 52.5. The predicted molar refractivity (Wildman–Crippen MR) is 219 cm³/mol. The fourth-order valence-corrected chi connectivity index (χ4v) is 5.39. The van der Waals surface area contributed by atoms with Crippen LogP contribution in [-0.4, -0.2) is 132 Å². The van der Waals surface area contributed by atoms with Gasteiger partial charge >= 0.3 is 5.97 Å². The number of aliphatic imine (C=N–C) groups is 3. The summed E-state index contributed by atoms with van der Waals surface area (Å²) >= 11 is 0. The van der Waals surface area contributed by atoms with Crippen molar-refractivity contribution >= 4 is 53.4 Å². The Labute approximate surface area is 338 Å². The monoisotopic (exact) mass is 829 g/mol. The van der Waals surface area contributed by atoms with E-state index in [1.807, 2.05) is 0 Å². The van der Waals surface area contributed by atoms with Crippen molar-refractivity contribution in [2.45, 2.75) is 127 Å². The number of carboxylic acid groups (broad SMARTS) is 1. The van der Waals surface area contributed by atoms with Crippen LogP contribution in [0.2, 0.25) is 0 Å². The lowest BCUT2D eigenvalue weighted by Gasteiger charge is -2.28. The van der Waals surface area contributed by atoms with Crippen molar-refractivity contribution in [1.82, 2.24) is 26.6 Å². The second kappa shape index (κ2) is 28.8. The highest BCUT2D eigenvalue weighted by atomic mass is 16.4. The van der Waals surface area contributed by atoms with Crippen LogP contribution < -0.4 is 72.5 Å². The Balaban J connectivity index is 6.25. The van der Waals surface area contributed by atoms with Gasteiger partial charge in [0.05, 0.1) is 12.1 Å². The molecule has 0 aliphatic carbocycles. The average Bonchev–Trinajstić information content (AvgIpc) is 3.12. The van der Waals surface area contributed by atoms with E-state index in [1.54, 1.807) is 13.8 Å². The van der Waals surface area contributed by atoms with Gasteiger partial charge in [-0.05, 0) is 77.2 Å². The minimum Gasteiger partial charge on any atom is -0.480 e. The van der Waals surface area contributed by atoms with Crippen LogP contribution in [0.15, 0.2) is 15.0 Å². The molecule has 0 aliphatic rings.